The molecule has 0 aliphatic rings. The number of rotatable bonds is 5. The summed E-state index contributed by atoms with van der Waals surface area (Å²) >= 11 is 1.47. The maximum Gasteiger partial charge on any atom is 0.244 e. The lowest BCUT2D eigenvalue weighted by Crippen LogP contribution is -1.98. The smallest absolute Gasteiger partial charge is 0.244 e. The van der Waals surface area contributed by atoms with Gasteiger partial charge in [0.1, 0.15) is 11.6 Å². The Labute approximate surface area is 132 Å². The highest BCUT2D eigenvalue weighted by atomic mass is 32.1. The molecule has 0 radical (unpaired) electrons. The van der Waals surface area contributed by atoms with E-state index in [1.807, 2.05) is 38.1 Å². The van der Waals surface area contributed by atoms with E-state index in [4.69, 9.17) is 9.47 Å². The number of nitrogens with one attached hydrogen (secondary N) is 1. The van der Waals surface area contributed by atoms with Crippen LogP contribution in [0.25, 0.3) is 10.3 Å². The van der Waals surface area contributed by atoms with Crippen molar-refractivity contribution >= 4 is 32.5 Å². The van der Waals surface area contributed by atoms with E-state index < -0.39 is 0 Å². The van der Waals surface area contributed by atoms with Gasteiger partial charge in [0, 0.05) is 11.8 Å². The number of aromatic nitrogens is 3. The molecule has 0 aliphatic heterocycles. The summed E-state index contributed by atoms with van der Waals surface area (Å²) in [6.45, 7) is 4.31. The molecule has 1 aromatic carbocycles. The van der Waals surface area contributed by atoms with Crippen LogP contribution < -0.4 is 14.8 Å². The van der Waals surface area contributed by atoms with Crippen LogP contribution in [0.15, 0.2) is 24.3 Å². The monoisotopic (exact) mass is 316 g/mol. The molecular formula is C15H16N4O2S. The van der Waals surface area contributed by atoms with Crippen molar-refractivity contribution in [3.05, 3.63) is 30.1 Å². The standard InChI is InChI=1S/C15H16N4O2S/c1-4-21-13-12-14(17-9(2)16-13)22-15(19-12)18-10-6-5-7-11(8-10)20-3/h5-8H,4H2,1-3H3,(H,18,19). The van der Waals surface area contributed by atoms with Crippen LogP contribution in [-0.2, 0) is 0 Å². The topological polar surface area (TPSA) is 69.2 Å². The molecule has 7 heteroatoms. The molecule has 2 heterocycles. The molecule has 0 saturated carbocycles. The normalized spacial score (nSPS) is 10.7. The fraction of sp³-hybridized carbons (Fsp3) is 0.267. The van der Waals surface area contributed by atoms with Crippen molar-refractivity contribution in [3.63, 3.8) is 0 Å². The van der Waals surface area contributed by atoms with Crippen LogP contribution in [0.5, 0.6) is 11.6 Å². The second kappa shape index (κ2) is 6.15. The SMILES string of the molecule is CCOc1nc(C)nc2sc(Nc3cccc(OC)c3)nc12. The number of anilines is 2. The highest BCUT2D eigenvalue weighted by Gasteiger charge is 2.13. The molecule has 0 spiro atoms. The van der Waals surface area contributed by atoms with Gasteiger partial charge in [-0.15, -0.1) is 0 Å². The highest BCUT2D eigenvalue weighted by molar-refractivity contribution is 7.21. The summed E-state index contributed by atoms with van der Waals surface area (Å²) in [5, 5.41) is 4.00. The molecule has 0 aliphatic carbocycles. The Morgan fingerprint density at radius 3 is 2.86 bits per heavy atom. The van der Waals surface area contributed by atoms with Gasteiger partial charge >= 0.3 is 0 Å². The second-order valence-electron chi connectivity index (χ2n) is 4.54. The zero-order valence-corrected chi connectivity index (χ0v) is 13.4. The number of benzene rings is 1. The predicted molar refractivity (Wildman–Crippen MR) is 87.4 cm³/mol. The van der Waals surface area contributed by atoms with Gasteiger partial charge in [-0.1, -0.05) is 17.4 Å². The van der Waals surface area contributed by atoms with Gasteiger partial charge in [-0.25, -0.2) is 9.97 Å². The highest BCUT2D eigenvalue weighted by Crippen LogP contribution is 2.32. The number of aryl methyl sites for hydroxylation is 1. The van der Waals surface area contributed by atoms with Gasteiger partial charge in [0.2, 0.25) is 5.88 Å². The van der Waals surface area contributed by atoms with Crippen molar-refractivity contribution in [1.29, 1.82) is 0 Å². The third-order valence-electron chi connectivity index (χ3n) is 2.94. The summed E-state index contributed by atoms with van der Waals surface area (Å²) in [6.07, 6.45) is 0. The molecule has 0 amide bonds. The van der Waals surface area contributed by atoms with Crippen molar-refractivity contribution in [2.45, 2.75) is 13.8 Å². The first-order chi connectivity index (χ1) is 10.7. The van der Waals surface area contributed by atoms with Crippen LogP contribution in [0.3, 0.4) is 0 Å². The number of hydrogen-bond donors (Lipinski definition) is 1. The number of methoxy groups -OCH3 is 1. The maximum atomic E-state index is 5.55. The largest absolute Gasteiger partial charge is 0.497 e. The van der Waals surface area contributed by atoms with Crippen LogP contribution in [0.2, 0.25) is 0 Å². The van der Waals surface area contributed by atoms with E-state index in [1.54, 1.807) is 7.11 Å². The van der Waals surface area contributed by atoms with Crippen molar-refractivity contribution < 1.29 is 9.47 Å². The molecule has 3 rings (SSSR count). The summed E-state index contributed by atoms with van der Waals surface area (Å²) in [6, 6.07) is 7.68. The van der Waals surface area contributed by atoms with Gasteiger partial charge in [-0.05, 0) is 26.0 Å². The van der Waals surface area contributed by atoms with Gasteiger partial charge in [0.05, 0.1) is 13.7 Å². The molecule has 0 unspecified atom stereocenters. The van der Waals surface area contributed by atoms with Crippen LogP contribution in [0.1, 0.15) is 12.7 Å². The van der Waals surface area contributed by atoms with E-state index in [1.165, 1.54) is 11.3 Å². The van der Waals surface area contributed by atoms with E-state index in [2.05, 4.69) is 20.3 Å². The van der Waals surface area contributed by atoms with Gasteiger partial charge in [-0.3, -0.25) is 0 Å². The van der Waals surface area contributed by atoms with Crippen molar-refractivity contribution in [2.24, 2.45) is 0 Å². The molecule has 0 fully saturated rings. The lowest BCUT2D eigenvalue weighted by molar-refractivity contribution is 0.329. The molecule has 2 aromatic heterocycles. The minimum absolute atomic E-state index is 0.528. The third kappa shape index (κ3) is 2.94. The average Bonchev–Trinajstić information content (AvgIpc) is 2.90. The van der Waals surface area contributed by atoms with Gasteiger partial charge in [0.25, 0.3) is 0 Å². The number of fused-ring (bicyclic) bond motifs is 1. The average molecular weight is 316 g/mol. The van der Waals surface area contributed by atoms with E-state index in [0.717, 1.165) is 21.4 Å². The van der Waals surface area contributed by atoms with Gasteiger partial charge in [-0.2, -0.15) is 4.98 Å². The molecular weight excluding hydrogens is 300 g/mol. The van der Waals surface area contributed by atoms with Crippen LogP contribution in [-0.4, -0.2) is 28.7 Å². The number of ether oxygens (including phenoxy) is 2. The Hall–Kier alpha value is -2.41. The van der Waals surface area contributed by atoms with E-state index in [-0.39, 0.29) is 0 Å². The number of thiazole rings is 1. The number of hydrogen-bond acceptors (Lipinski definition) is 7. The summed E-state index contributed by atoms with van der Waals surface area (Å²) in [4.78, 5) is 14.1. The molecule has 6 nitrogen and oxygen atoms in total. The molecule has 0 saturated heterocycles. The molecule has 114 valence electrons. The van der Waals surface area contributed by atoms with Crippen molar-refractivity contribution in [3.8, 4) is 11.6 Å². The zero-order valence-electron chi connectivity index (χ0n) is 12.6. The van der Waals surface area contributed by atoms with E-state index >= 15 is 0 Å². The first-order valence-corrected chi connectivity index (χ1v) is 7.70. The van der Waals surface area contributed by atoms with E-state index in [0.29, 0.717) is 23.8 Å². The van der Waals surface area contributed by atoms with Gasteiger partial charge in [0.15, 0.2) is 15.5 Å². The fourth-order valence-electron chi connectivity index (χ4n) is 2.01. The Morgan fingerprint density at radius 1 is 1.23 bits per heavy atom. The Morgan fingerprint density at radius 2 is 2.09 bits per heavy atom. The Bertz CT molecular complexity index is 803. The Kier molecular flexibility index (Phi) is 4.06. The van der Waals surface area contributed by atoms with Crippen LogP contribution in [0.4, 0.5) is 10.8 Å². The van der Waals surface area contributed by atoms with Crippen molar-refractivity contribution in [1.82, 2.24) is 15.0 Å². The summed E-state index contributed by atoms with van der Waals surface area (Å²) in [5.74, 6) is 1.99. The van der Waals surface area contributed by atoms with Crippen LogP contribution >= 0.6 is 11.3 Å². The fourth-order valence-corrected chi connectivity index (χ4v) is 2.91. The first kappa shape index (κ1) is 14.5. The first-order valence-electron chi connectivity index (χ1n) is 6.88. The van der Waals surface area contributed by atoms with Crippen molar-refractivity contribution in [2.75, 3.05) is 19.0 Å². The lowest BCUT2D eigenvalue weighted by atomic mass is 10.3. The molecule has 22 heavy (non-hydrogen) atoms. The molecule has 3 aromatic rings. The predicted octanol–water partition coefficient (Wildman–Crippen LogP) is 3.55. The lowest BCUT2D eigenvalue weighted by Gasteiger charge is -2.04. The molecule has 0 atom stereocenters. The van der Waals surface area contributed by atoms with Gasteiger partial charge < -0.3 is 14.8 Å². The zero-order chi connectivity index (χ0) is 15.5. The minimum atomic E-state index is 0.528. The summed E-state index contributed by atoms with van der Waals surface area (Å²) < 4.78 is 10.8. The summed E-state index contributed by atoms with van der Waals surface area (Å²) in [7, 11) is 1.64. The third-order valence-corrected chi connectivity index (χ3v) is 3.81. The Balaban J connectivity index is 1.96. The summed E-state index contributed by atoms with van der Waals surface area (Å²) in [5.41, 5.74) is 1.59. The number of nitrogens with zero attached hydrogens (tertiary/aromatic N) is 3. The molecule has 0 bridgehead atoms. The second-order valence-corrected chi connectivity index (χ2v) is 5.52. The van der Waals surface area contributed by atoms with Crippen LogP contribution in [0, 0.1) is 6.92 Å². The quantitative estimate of drug-likeness (QED) is 0.776. The maximum absolute atomic E-state index is 5.55. The van der Waals surface area contributed by atoms with E-state index in [9.17, 15) is 0 Å². The minimum Gasteiger partial charge on any atom is -0.497 e. The molecule has 1 N–H and O–H groups in total.